The fraction of sp³-hybridized carbons (Fsp3) is 0.414. The molecule has 0 bridgehead atoms. The van der Waals surface area contributed by atoms with Crippen molar-refractivity contribution < 1.29 is 21.7 Å². The van der Waals surface area contributed by atoms with Crippen LogP contribution in [0.15, 0.2) is 72.8 Å². The van der Waals surface area contributed by atoms with E-state index in [1.54, 1.807) is 0 Å². The van der Waals surface area contributed by atoms with E-state index in [4.69, 9.17) is 0 Å². The van der Waals surface area contributed by atoms with E-state index in [2.05, 4.69) is 93.4 Å². The van der Waals surface area contributed by atoms with Gasteiger partial charge in [0.25, 0.3) is 0 Å². The third-order valence-electron chi connectivity index (χ3n) is 4.57. The van der Waals surface area contributed by atoms with Crippen LogP contribution >= 0.6 is 0 Å². The summed E-state index contributed by atoms with van der Waals surface area (Å²) in [5.74, 6) is 0. The predicted molar refractivity (Wildman–Crippen MR) is 145 cm³/mol. The Morgan fingerprint density at radius 3 is 1.41 bits per heavy atom. The van der Waals surface area contributed by atoms with Gasteiger partial charge < -0.3 is 4.90 Å². The minimum absolute atomic E-state index is 0. The second kappa shape index (κ2) is 22.7. The Labute approximate surface area is 217 Å². The van der Waals surface area contributed by atoms with Crippen molar-refractivity contribution in [2.45, 2.75) is 65.5 Å². The minimum Gasteiger partial charge on any atom is -0.428 e. The van der Waals surface area contributed by atoms with Gasteiger partial charge in [-0.1, -0.05) is 83.3 Å². The maximum atomic E-state index is 3.90. The first kappa shape index (κ1) is 32.7. The molecule has 174 valence electrons. The molecule has 3 heteroatoms. The Bertz CT molecular complexity index is 679. The van der Waals surface area contributed by atoms with Crippen LogP contribution in [-0.2, 0) is 34.6 Å². The summed E-state index contributed by atoms with van der Waals surface area (Å²) in [6, 6.07) is 25.2. The zero-order valence-corrected chi connectivity index (χ0v) is 24.1. The number of para-hydroxylation sites is 1. The van der Waals surface area contributed by atoms with Crippen LogP contribution in [0.5, 0.6) is 0 Å². The van der Waals surface area contributed by atoms with Crippen LogP contribution in [0.4, 0.5) is 5.69 Å². The fourth-order valence-electron chi connectivity index (χ4n) is 2.87. The van der Waals surface area contributed by atoms with Crippen LogP contribution in [0.25, 0.3) is 0 Å². The fourth-order valence-corrected chi connectivity index (χ4v) is 2.87. The molecule has 0 N–H and O–H groups in total. The molecule has 0 saturated heterocycles. The number of rotatable bonds is 7. The van der Waals surface area contributed by atoms with E-state index in [0.29, 0.717) is 0 Å². The molecule has 0 spiro atoms. The summed E-state index contributed by atoms with van der Waals surface area (Å²) < 4.78 is 0. The third kappa shape index (κ3) is 17.1. The summed E-state index contributed by atoms with van der Waals surface area (Å²) in [6.45, 7) is 12.8. The molecule has 0 aromatic heterocycles. The third-order valence-corrected chi connectivity index (χ3v) is 4.57. The van der Waals surface area contributed by atoms with Crippen molar-refractivity contribution in [3.8, 4) is 0 Å². The maximum absolute atomic E-state index is 3.90. The van der Waals surface area contributed by atoms with E-state index >= 15 is 0 Å². The van der Waals surface area contributed by atoms with Crippen LogP contribution in [0.1, 0.15) is 56.2 Å². The number of hydrogen-bond acceptors (Lipinski definition) is 1. The molecule has 0 unspecified atom stereocenters. The monoisotopic (exact) mass is 483 g/mol. The van der Waals surface area contributed by atoms with Gasteiger partial charge >= 0.3 is 21.7 Å². The molecule has 0 fully saturated rings. The Hall–Kier alpha value is -1.48. The number of anilines is 1. The topological polar surface area (TPSA) is 3.24 Å². The van der Waals surface area contributed by atoms with Gasteiger partial charge in [0.2, 0.25) is 0 Å². The number of aryl methyl sites for hydroxylation is 2. The Morgan fingerprint density at radius 2 is 1.12 bits per heavy atom. The normalized spacial score (nSPS) is 9.06. The van der Waals surface area contributed by atoms with Gasteiger partial charge in [-0.25, -0.2) is 24.3 Å². The summed E-state index contributed by atoms with van der Waals surface area (Å²) >= 11 is 0. The van der Waals surface area contributed by atoms with Crippen molar-refractivity contribution in [1.82, 2.24) is 0 Å². The summed E-state index contributed by atoms with van der Waals surface area (Å²) in [6.07, 6.45) is 7.75. The quantitative estimate of drug-likeness (QED) is 0.243. The van der Waals surface area contributed by atoms with Gasteiger partial charge in [-0.3, -0.25) is 0 Å². The number of hydrogen-bond donors (Lipinski definition) is 0. The Kier molecular flexibility index (Phi) is 23.2. The largest absolute Gasteiger partial charge is 3.00 e. The molecule has 0 saturated carbocycles. The van der Waals surface area contributed by atoms with Gasteiger partial charge in [-0.15, -0.1) is 6.07 Å². The van der Waals surface area contributed by atoms with Crippen LogP contribution in [0.3, 0.4) is 0 Å². The minimum atomic E-state index is 0. The molecule has 32 heavy (non-hydrogen) atoms. The Morgan fingerprint density at radius 1 is 0.750 bits per heavy atom. The Balaban J connectivity index is 0. The van der Waals surface area contributed by atoms with Gasteiger partial charge in [0.1, 0.15) is 0 Å². The number of benzene rings is 1. The first-order chi connectivity index (χ1) is 15.0. The average Bonchev–Trinajstić information content (AvgIpc) is 3.47. The summed E-state index contributed by atoms with van der Waals surface area (Å²) in [4.78, 5) is 2.06. The standard InChI is InChI=1S/C9H12N.2C9H13.C2H7Si.Ti/c1-8-6-4-5-7-9(8)10(2)3;2*1-2-3-6-9-7-4-5-8-9;1-3-2;/h4-7H,1H2,2-3H3;2*4-5,7-8H,2-3,6H2,1H3;3H,1-2H3;/q3*-1;;+3. The van der Waals surface area contributed by atoms with E-state index < -0.39 is 0 Å². The van der Waals surface area contributed by atoms with Crippen LogP contribution < -0.4 is 4.90 Å². The summed E-state index contributed by atoms with van der Waals surface area (Å²) in [5.41, 5.74) is 5.23. The molecule has 0 amide bonds. The van der Waals surface area contributed by atoms with Gasteiger partial charge in [0.15, 0.2) is 0 Å². The molecule has 1 nitrogen and oxygen atoms in total. The summed E-state index contributed by atoms with van der Waals surface area (Å²) in [5, 5.41) is 0. The molecular formula is C29H45NSiTi. The van der Waals surface area contributed by atoms with Gasteiger partial charge in [0, 0.05) is 9.52 Å². The second-order valence-electron chi connectivity index (χ2n) is 7.89. The average molecular weight is 484 g/mol. The first-order valence-corrected chi connectivity index (χ1v) is 14.0. The summed E-state index contributed by atoms with van der Waals surface area (Å²) in [7, 11) is 4.79. The maximum Gasteiger partial charge on any atom is 3.00 e. The molecule has 0 aliphatic heterocycles. The molecule has 0 heterocycles. The zero-order chi connectivity index (χ0) is 23.3. The molecule has 3 rings (SSSR count). The van der Waals surface area contributed by atoms with Crippen molar-refractivity contribution in [1.29, 1.82) is 0 Å². The van der Waals surface area contributed by atoms with Gasteiger partial charge in [0.05, 0.1) is 0 Å². The number of nitrogens with zero attached hydrogens (tertiary/aromatic N) is 1. The SMILES string of the molecule is CCCC[c-]1cccc1.CCCC[c-]1cccc1.C[SiH]C.[CH2-]c1ccccc1N(C)C.[Ti+3]. The second-order valence-corrected chi connectivity index (χ2v) is 9.05. The molecule has 0 aliphatic carbocycles. The van der Waals surface area contributed by atoms with E-state index in [-0.39, 0.29) is 21.7 Å². The van der Waals surface area contributed by atoms with E-state index in [9.17, 15) is 0 Å². The number of unbranched alkanes of at least 4 members (excludes halogenated alkanes) is 2. The van der Waals surface area contributed by atoms with Crippen LogP contribution in [0.2, 0.25) is 13.1 Å². The van der Waals surface area contributed by atoms with E-state index in [1.807, 2.05) is 32.3 Å². The zero-order valence-electron chi connectivity index (χ0n) is 21.4. The molecular weight excluding hydrogens is 438 g/mol. The molecule has 0 aliphatic rings. The molecule has 0 atom stereocenters. The van der Waals surface area contributed by atoms with Crippen molar-refractivity contribution in [2.24, 2.45) is 0 Å². The van der Waals surface area contributed by atoms with Crippen LogP contribution in [-0.4, -0.2) is 23.6 Å². The molecule has 2 radical (unpaired) electrons. The first-order valence-electron chi connectivity index (χ1n) is 11.7. The van der Waals surface area contributed by atoms with Gasteiger partial charge in [-0.2, -0.15) is 53.9 Å². The van der Waals surface area contributed by atoms with Crippen molar-refractivity contribution in [3.05, 3.63) is 96.4 Å². The molecule has 3 aromatic rings. The predicted octanol–water partition coefficient (Wildman–Crippen LogP) is 7.95. The van der Waals surface area contributed by atoms with E-state index in [1.165, 1.54) is 55.3 Å². The van der Waals surface area contributed by atoms with Crippen molar-refractivity contribution in [2.75, 3.05) is 19.0 Å². The van der Waals surface area contributed by atoms with Crippen LogP contribution in [0, 0.1) is 6.92 Å². The smallest absolute Gasteiger partial charge is 0.428 e. The van der Waals surface area contributed by atoms with Crippen molar-refractivity contribution in [3.63, 3.8) is 0 Å². The van der Waals surface area contributed by atoms with E-state index in [0.717, 1.165) is 15.1 Å². The van der Waals surface area contributed by atoms with Gasteiger partial charge in [-0.05, 0) is 14.1 Å². The molecule has 3 aromatic carbocycles. The van der Waals surface area contributed by atoms with Crippen molar-refractivity contribution >= 4 is 15.2 Å².